The standard InChI is InChI=1S/C15H23N3O3S.ClH/c1-16-9-4-5-15(19)18-10-8-12-6-7-13(11-14(12)18)22(20,21)17(2)3;/h6-7,11,16H,4-5,8-10H2,1-3H3;1H. The largest absolute Gasteiger partial charge is 0.320 e. The lowest BCUT2D eigenvalue weighted by Gasteiger charge is -2.19. The van der Waals surface area contributed by atoms with Crippen LogP contribution in [0.25, 0.3) is 0 Å². The molecule has 1 heterocycles. The summed E-state index contributed by atoms with van der Waals surface area (Å²) in [7, 11) is 1.38. The third-order valence-electron chi connectivity index (χ3n) is 3.85. The fourth-order valence-electron chi connectivity index (χ4n) is 2.54. The third-order valence-corrected chi connectivity index (χ3v) is 5.66. The van der Waals surface area contributed by atoms with Gasteiger partial charge < -0.3 is 10.2 Å². The van der Waals surface area contributed by atoms with Crippen molar-refractivity contribution in [3.8, 4) is 0 Å². The van der Waals surface area contributed by atoms with Gasteiger partial charge in [0, 0.05) is 32.7 Å². The number of rotatable bonds is 6. The molecule has 0 spiro atoms. The lowest BCUT2D eigenvalue weighted by atomic mass is 10.2. The Kier molecular flexibility index (Phi) is 7.01. The van der Waals surface area contributed by atoms with E-state index in [0.717, 1.165) is 30.6 Å². The summed E-state index contributed by atoms with van der Waals surface area (Å²) in [6, 6.07) is 5.05. The summed E-state index contributed by atoms with van der Waals surface area (Å²) in [5.41, 5.74) is 1.76. The van der Waals surface area contributed by atoms with Crippen LogP contribution in [0, 0.1) is 0 Å². The predicted octanol–water partition coefficient (Wildman–Crippen LogP) is 1.25. The van der Waals surface area contributed by atoms with Crippen LogP contribution < -0.4 is 10.2 Å². The van der Waals surface area contributed by atoms with Gasteiger partial charge in [0.15, 0.2) is 0 Å². The Bertz CT molecular complexity index is 662. The zero-order chi connectivity index (χ0) is 16.3. The zero-order valence-electron chi connectivity index (χ0n) is 13.7. The first-order valence-electron chi connectivity index (χ1n) is 7.38. The number of nitrogens with zero attached hydrogens (tertiary/aromatic N) is 2. The van der Waals surface area contributed by atoms with E-state index in [1.165, 1.54) is 18.4 Å². The van der Waals surface area contributed by atoms with Crippen molar-refractivity contribution in [3.63, 3.8) is 0 Å². The summed E-state index contributed by atoms with van der Waals surface area (Å²) in [6.45, 7) is 1.42. The van der Waals surface area contributed by atoms with E-state index in [1.807, 2.05) is 13.1 Å². The quantitative estimate of drug-likeness (QED) is 0.774. The number of amides is 1. The molecule has 130 valence electrons. The number of benzene rings is 1. The SMILES string of the molecule is CNCCCC(=O)N1CCc2ccc(S(=O)(=O)N(C)C)cc21.Cl. The molecule has 0 fully saturated rings. The molecule has 1 aromatic rings. The molecule has 0 unspecified atom stereocenters. The molecule has 1 N–H and O–H groups in total. The van der Waals surface area contributed by atoms with Crippen LogP contribution in [0.3, 0.4) is 0 Å². The third kappa shape index (κ3) is 4.23. The highest BCUT2D eigenvalue weighted by Gasteiger charge is 2.27. The molecule has 8 heteroatoms. The van der Waals surface area contributed by atoms with Gasteiger partial charge in [0.2, 0.25) is 15.9 Å². The van der Waals surface area contributed by atoms with Crippen molar-refractivity contribution >= 4 is 34.0 Å². The van der Waals surface area contributed by atoms with Gasteiger partial charge in [-0.15, -0.1) is 12.4 Å². The first kappa shape index (κ1) is 19.9. The fourth-order valence-corrected chi connectivity index (χ4v) is 3.46. The Morgan fingerprint density at radius 3 is 2.65 bits per heavy atom. The summed E-state index contributed by atoms with van der Waals surface area (Å²) in [5.74, 6) is 0.0494. The van der Waals surface area contributed by atoms with Crippen molar-refractivity contribution in [2.75, 3.05) is 39.1 Å². The van der Waals surface area contributed by atoms with Gasteiger partial charge in [-0.3, -0.25) is 4.79 Å². The minimum Gasteiger partial charge on any atom is -0.320 e. The van der Waals surface area contributed by atoms with Crippen LogP contribution >= 0.6 is 12.4 Å². The maximum Gasteiger partial charge on any atom is 0.242 e. The Morgan fingerprint density at radius 1 is 1.35 bits per heavy atom. The van der Waals surface area contributed by atoms with Crippen LogP contribution in [0.2, 0.25) is 0 Å². The molecule has 0 aromatic heterocycles. The molecule has 6 nitrogen and oxygen atoms in total. The summed E-state index contributed by atoms with van der Waals surface area (Å²) < 4.78 is 25.7. The maximum absolute atomic E-state index is 12.3. The highest BCUT2D eigenvalue weighted by Crippen LogP contribution is 2.31. The molecular formula is C15H24ClN3O3S. The zero-order valence-corrected chi connectivity index (χ0v) is 15.3. The van der Waals surface area contributed by atoms with Crippen molar-refractivity contribution in [2.45, 2.75) is 24.2 Å². The molecule has 0 radical (unpaired) electrons. The molecule has 0 aliphatic carbocycles. The number of carbonyl (C=O) groups is 1. The van der Waals surface area contributed by atoms with Crippen molar-refractivity contribution in [2.24, 2.45) is 0 Å². The van der Waals surface area contributed by atoms with Gasteiger partial charge in [-0.25, -0.2) is 12.7 Å². The Morgan fingerprint density at radius 2 is 2.04 bits per heavy atom. The van der Waals surface area contributed by atoms with E-state index in [-0.39, 0.29) is 23.2 Å². The second-order valence-electron chi connectivity index (χ2n) is 5.58. The average molecular weight is 362 g/mol. The van der Waals surface area contributed by atoms with E-state index in [4.69, 9.17) is 0 Å². The Balaban J connectivity index is 0.00000264. The van der Waals surface area contributed by atoms with Crippen molar-refractivity contribution in [1.29, 1.82) is 0 Å². The van der Waals surface area contributed by atoms with Crippen molar-refractivity contribution < 1.29 is 13.2 Å². The molecular weight excluding hydrogens is 338 g/mol. The van der Waals surface area contributed by atoms with Crippen molar-refractivity contribution in [1.82, 2.24) is 9.62 Å². The molecule has 1 aliphatic rings. The van der Waals surface area contributed by atoms with Crippen LogP contribution in [0.1, 0.15) is 18.4 Å². The summed E-state index contributed by atoms with van der Waals surface area (Å²) in [4.78, 5) is 14.3. The van der Waals surface area contributed by atoms with Crippen LogP contribution in [0.15, 0.2) is 23.1 Å². The Labute approximate surface area is 144 Å². The number of halogens is 1. The first-order chi connectivity index (χ1) is 10.4. The lowest BCUT2D eigenvalue weighted by Crippen LogP contribution is -2.29. The molecule has 0 bridgehead atoms. The van der Waals surface area contributed by atoms with Gasteiger partial charge in [-0.2, -0.15) is 0 Å². The number of nitrogens with one attached hydrogen (secondary N) is 1. The fraction of sp³-hybridized carbons (Fsp3) is 0.533. The van der Waals surface area contributed by atoms with Crippen LogP contribution in [-0.4, -0.2) is 52.9 Å². The number of hydrogen-bond donors (Lipinski definition) is 1. The summed E-state index contributed by atoms with van der Waals surface area (Å²) >= 11 is 0. The minimum atomic E-state index is -3.48. The van der Waals surface area contributed by atoms with E-state index in [0.29, 0.717) is 13.0 Å². The van der Waals surface area contributed by atoms with Gasteiger partial charge in [0.1, 0.15) is 0 Å². The second kappa shape index (κ2) is 8.10. The highest BCUT2D eigenvalue weighted by molar-refractivity contribution is 7.89. The van der Waals surface area contributed by atoms with Gasteiger partial charge in [0.25, 0.3) is 0 Å². The molecule has 1 aromatic carbocycles. The number of fused-ring (bicyclic) bond motifs is 1. The van der Waals surface area contributed by atoms with Gasteiger partial charge >= 0.3 is 0 Å². The van der Waals surface area contributed by atoms with E-state index < -0.39 is 10.0 Å². The summed E-state index contributed by atoms with van der Waals surface area (Å²) in [6.07, 6.45) is 2.01. The number of carbonyl (C=O) groups excluding carboxylic acids is 1. The normalized spacial score (nSPS) is 13.8. The molecule has 0 atom stereocenters. The van der Waals surface area contributed by atoms with E-state index in [2.05, 4.69) is 5.32 Å². The average Bonchev–Trinajstić information content (AvgIpc) is 2.90. The first-order valence-corrected chi connectivity index (χ1v) is 8.82. The molecule has 23 heavy (non-hydrogen) atoms. The topological polar surface area (TPSA) is 69.7 Å². The Hall–Kier alpha value is -1.15. The lowest BCUT2D eigenvalue weighted by molar-refractivity contribution is -0.118. The molecule has 0 saturated heterocycles. The van der Waals surface area contributed by atoms with Crippen LogP contribution in [0.5, 0.6) is 0 Å². The number of sulfonamides is 1. The molecule has 2 rings (SSSR count). The monoisotopic (exact) mass is 361 g/mol. The maximum atomic E-state index is 12.3. The van der Waals surface area contributed by atoms with Crippen LogP contribution in [-0.2, 0) is 21.2 Å². The van der Waals surface area contributed by atoms with Crippen LogP contribution in [0.4, 0.5) is 5.69 Å². The molecule has 1 amide bonds. The van der Waals surface area contributed by atoms with E-state index >= 15 is 0 Å². The van der Waals surface area contributed by atoms with E-state index in [9.17, 15) is 13.2 Å². The molecule has 0 saturated carbocycles. The number of hydrogen-bond acceptors (Lipinski definition) is 4. The number of anilines is 1. The second-order valence-corrected chi connectivity index (χ2v) is 7.73. The van der Waals surface area contributed by atoms with Crippen molar-refractivity contribution in [3.05, 3.63) is 23.8 Å². The summed E-state index contributed by atoms with van der Waals surface area (Å²) in [5, 5.41) is 3.02. The van der Waals surface area contributed by atoms with Gasteiger partial charge in [-0.05, 0) is 44.1 Å². The smallest absolute Gasteiger partial charge is 0.242 e. The molecule has 1 aliphatic heterocycles. The van der Waals surface area contributed by atoms with Gasteiger partial charge in [0.05, 0.1) is 4.90 Å². The minimum absolute atomic E-state index is 0. The predicted molar refractivity (Wildman–Crippen MR) is 93.8 cm³/mol. The van der Waals surface area contributed by atoms with E-state index in [1.54, 1.807) is 17.0 Å². The highest BCUT2D eigenvalue weighted by atomic mass is 35.5. The van der Waals surface area contributed by atoms with Gasteiger partial charge in [-0.1, -0.05) is 6.07 Å².